The normalized spacial score (nSPS) is 17.6. The number of imidazole rings is 1. The zero-order valence-electron chi connectivity index (χ0n) is 12.7. The zero-order chi connectivity index (χ0) is 14.7. The number of H-pyrrole nitrogens is 2. The van der Waals surface area contributed by atoms with E-state index >= 15 is 0 Å². The average molecular weight is 287 g/mol. The number of aromatic amines is 2. The molecule has 1 aliphatic rings. The van der Waals surface area contributed by atoms with Crippen molar-refractivity contribution in [3.63, 3.8) is 0 Å². The van der Waals surface area contributed by atoms with E-state index in [0.717, 1.165) is 23.5 Å². The van der Waals surface area contributed by atoms with E-state index in [9.17, 15) is 4.79 Å². The van der Waals surface area contributed by atoms with Crippen molar-refractivity contribution in [2.45, 2.75) is 51.5 Å². The van der Waals surface area contributed by atoms with Crippen LogP contribution in [0.3, 0.4) is 0 Å². The van der Waals surface area contributed by atoms with Gasteiger partial charge in [0.2, 0.25) is 0 Å². The van der Waals surface area contributed by atoms with E-state index in [1.807, 2.05) is 6.07 Å². The minimum absolute atomic E-state index is 0.131. The van der Waals surface area contributed by atoms with Crippen LogP contribution in [0.15, 0.2) is 23.0 Å². The van der Waals surface area contributed by atoms with Gasteiger partial charge in [0, 0.05) is 6.04 Å². The average Bonchev–Trinajstić information content (AvgIpc) is 3.10. The molecule has 1 aromatic heterocycles. The number of aromatic nitrogens is 2. The second kappa shape index (κ2) is 6.48. The third-order valence-corrected chi connectivity index (χ3v) is 4.73. The fourth-order valence-corrected chi connectivity index (χ4v) is 3.60. The number of hydrogen-bond donors (Lipinski definition) is 3. The molecule has 2 aromatic rings. The summed E-state index contributed by atoms with van der Waals surface area (Å²) in [6, 6.07) is 6.63. The minimum Gasteiger partial charge on any atom is -0.310 e. The summed E-state index contributed by atoms with van der Waals surface area (Å²) in [5, 5.41) is 3.59. The van der Waals surface area contributed by atoms with Crippen molar-refractivity contribution in [2.75, 3.05) is 6.54 Å². The van der Waals surface area contributed by atoms with E-state index in [0.29, 0.717) is 6.04 Å². The monoisotopic (exact) mass is 287 g/mol. The van der Waals surface area contributed by atoms with Gasteiger partial charge in [0.25, 0.3) is 0 Å². The molecule has 114 valence electrons. The van der Waals surface area contributed by atoms with Crippen molar-refractivity contribution >= 4 is 11.0 Å². The maximum atomic E-state index is 11.4. The first-order chi connectivity index (χ1) is 10.3. The molecule has 21 heavy (non-hydrogen) atoms. The minimum atomic E-state index is -0.131. The molecule has 3 N–H and O–H groups in total. The maximum absolute atomic E-state index is 11.4. The Kier molecular flexibility index (Phi) is 4.44. The smallest absolute Gasteiger partial charge is 0.310 e. The van der Waals surface area contributed by atoms with Crippen LogP contribution in [-0.4, -0.2) is 16.5 Å². The molecule has 3 rings (SSSR count). The molecule has 0 amide bonds. The largest absolute Gasteiger partial charge is 0.323 e. The molecule has 0 radical (unpaired) electrons. The number of hydrogen-bond acceptors (Lipinski definition) is 2. The Morgan fingerprint density at radius 2 is 2.00 bits per heavy atom. The molecule has 0 saturated heterocycles. The fourth-order valence-electron chi connectivity index (χ4n) is 3.60. The highest BCUT2D eigenvalue weighted by Gasteiger charge is 2.18. The first kappa shape index (κ1) is 14.4. The predicted octanol–water partition coefficient (Wildman–Crippen LogP) is 3.48. The van der Waals surface area contributed by atoms with Gasteiger partial charge in [-0.2, -0.15) is 0 Å². The van der Waals surface area contributed by atoms with E-state index in [-0.39, 0.29) is 5.69 Å². The lowest BCUT2D eigenvalue weighted by atomic mass is 9.94. The number of benzene rings is 1. The van der Waals surface area contributed by atoms with Gasteiger partial charge < -0.3 is 15.3 Å². The fraction of sp³-hybridized carbons (Fsp3) is 0.588. The summed E-state index contributed by atoms with van der Waals surface area (Å²) in [6.45, 7) is 3.12. The summed E-state index contributed by atoms with van der Waals surface area (Å²) in [4.78, 5) is 17.0. The van der Waals surface area contributed by atoms with Crippen LogP contribution in [0.4, 0.5) is 0 Å². The molecule has 1 atom stereocenters. The van der Waals surface area contributed by atoms with Crippen LogP contribution in [0.2, 0.25) is 0 Å². The molecule has 1 unspecified atom stereocenters. The molecule has 1 aliphatic carbocycles. The Labute approximate surface area is 125 Å². The van der Waals surface area contributed by atoms with Gasteiger partial charge >= 0.3 is 5.69 Å². The van der Waals surface area contributed by atoms with E-state index < -0.39 is 0 Å². The first-order valence-electron chi connectivity index (χ1n) is 8.21. The highest BCUT2D eigenvalue weighted by molar-refractivity contribution is 5.75. The predicted molar refractivity (Wildman–Crippen MR) is 86.5 cm³/mol. The summed E-state index contributed by atoms with van der Waals surface area (Å²) in [7, 11) is 0. The number of fused-ring (bicyclic) bond motifs is 1. The Bertz CT molecular complexity index is 637. The third kappa shape index (κ3) is 3.38. The highest BCUT2D eigenvalue weighted by Crippen LogP contribution is 2.31. The van der Waals surface area contributed by atoms with Crippen LogP contribution in [0, 0.1) is 5.92 Å². The molecular weight excluding hydrogens is 262 g/mol. The lowest BCUT2D eigenvalue weighted by Gasteiger charge is -2.20. The van der Waals surface area contributed by atoms with E-state index in [4.69, 9.17) is 0 Å². The lowest BCUT2D eigenvalue weighted by molar-refractivity contribution is 0.417. The van der Waals surface area contributed by atoms with Gasteiger partial charge in [-0.05, 0) is 43.0 Å². The standard InChI is InChI=1S/C17H25N3O/c1-2-18-14(9-7-12-5-3-4-6-12)13-8-10-15-16(11-13)20-17(21)19-15/h8,10-12,14,18H,2-7,9H2,1H3,(H2,19,20,21). The Morgan fingerprint density at radius 1 is 1.24 bits per heavy atom. The van der Waals surface area contributed by atoms with E-state index in [2.05, 4.69) is 34.3 Å². The zero-order valence-corrected chi connectivity index (χ0v) is 12.7. The van der Waals surface area contributed by atoms with Crippen LogP contribution in [0.1, 0.15) is 57.1 Å². The van der Waals surface area contributed by atoms with Gasteiger partial charge in [0.15, 0.2) is 0 Å². The number of nitrogens with one attached hydrogen (secondary N) is 3. The molecule has 4 heteroatoms. The summed E-state index contributed by atoms with van der Waals surface area (Å²) < 4.78 is 0. The molecule has 1 saturated carbocycles. The molecule has 0 bridgehead atoms. The second-order valence-corrected chi connectivity index (χ2v) is 6.22. The van der Waals surface area contributed by atoms with Gasteiger partial charge in [-0.3, -0.25) is 0 Å². The van der Waals surface area contributed by atoms with Crippen molar-refractivity contribution in [1.82, 2.24) is 15.3 Å². The van der Waals surface area contributed by atoms with Gasteiger partial charge in [-0.1, -0.05) is 38.7 Å². The van der Waals surface area contributed by atoms with Crippen molar-refractivity contribution in [3.05, 3.63) is 34.2 Å². The van der Waals surface area contributed by atoms with Crippen molar-refractivity contribution in [1.29, 1.82) is 0 Å². The second-order valence-electron chi connectivity index (χ2n) is 6.22. The maximum Gasteiger partial charge on any atom is 0.323 e. The lowest BCUT2D eigenvalue weighted by Crippen LogP contribution is -2.21. The molecule has 1 aromatic carbocycles. The molecule has 1 fully saturated rings. The van der Waals surface area contributed by atoms with Crippen LogP contribution in [0.5, 0.6) is 0 Å². The van der Waals surface area contributed by atoms with Crippen LogP contribution in [0.25, 0.3) is 11.0 Å². The van der Waals surface area contributed by atoms with Gasteiger partial charge in [-0.25, -0.2) is 4.79 Å². The van der Waals surface area contributed by atoms with Gasteiger partial charge in [0.05, 0.1) is 11.0 Å². The first-order valence-corrected chi connectivity index (χ1v) is 8.21. The molecular formula is C17H25N3O. The summed E-state index contributed by atoms with van der Waals surface area (Å²) in [5.74, 6) is 0.918. The number of rotatable bonds is 6. The molecule has 1 heterocycles. The van der Waals surface area contributed by atoms with Crippen molar-refractivity contribution in [2.24, 2.45) is 5.92 Å². The summed E-state index contributed by atoms with van der Waals surface area (Å²) >= 11 is 0. The Morgan fingerprint density at radius 3 is 2.76 bits per heavy atom. The SMILES string of the molecule is CCNC(CCC1CCCC1)c1ccc2[nH]c(=O)[nH]c2c1. The van der Waals surface area contributed by atoms with E-state index in [1.54, 1.807) is 0 Å². The van der Waals surface area contributed by atoms with Crippen molar-refractivity contribution in [3.8, 4) is 0 Å². The van der Waals surface area contributed by atoms with Crippen LogP contribution < -0.4 is 11.0 Å². The van der Waals surface area contributed by atoms with Crippen molar-refractivity contribution < 1.29 is 0 Å². The van der Waals surface area contributed by atoms with Gasteiger partial charge in [-0.15, -0.1) is 0 Å². The van der Waals surface area contributed by atoms with Crippen LogP contribution in [-0.2, 0) is 0 Å². The van der Waals surface area contributed by atoms with E-state index in [1.165, 1.54) is 44.1 Å². The Hall–Kier alpha value is -1.55. The quantitative estimate of drug-likeness (QED) is 0.761. The van der Waals surface area contributed by atoms with Gasteiger partial charge in [0.1, 0.15) is 0 Å². The molecule has 0 spiro atoms. The highest BCUT2D eigenvalue weighted by atomic mass is 16.1. The summed E-state index contributed by atoms with van der Waals surface area (Å²) in [5.41, 5.74) is 2.93. The Balaban J connectivity index is 1.75. The van der Waals surface area contributed by atoms with Crippen LogP contribution >= 0.6 is 0 Å². The molecule has 0 aliphatic heterocycles. The third-order valence-electron chi connectivity index (χ3n) is 4.73. The molecule has 4 nitrogen and oxygen atoms in total. The summed E-state index contributed by atoms with van der Waals surface area (Å²) in [6.07, 6.45) is 8.12. The topological polar surface area (TPSA) is 60.7 Å².